The maximum atomic E-state index is 2.43. The molecule has 9 aromatic carbocycles. The minimum Gasteiger partial charge on any atom is -0.309 e. The van der Waals surface area contributed by atoms with Crippen LogP contribution >= 0.6 is 11.3 Å². The summed E-state index contributed by atoms with van der Waals surface area (Å²) in [6, 6.07) is 81.3. The van der Waals surface area contributed by atoms with E-state index in [1.165, 1.54) is 75.8 Å². The molecule has 0 saturated heterocycles. The van der Waals surface area contributed by atoms with Crippen LogP contribution in [0.15, 0.2) is 224 Å². The van der Waals surface area contributed by atoms with Gasteiger partial charge in [0.1, 0.15) is 0 Å². The lowest BCUT2D eigenvalue weighted by Crippen LogP contribution is -2.12. The molecule has 1 heterocycles. The third-order valence-corrected chi connectivity index (χ3v) is 11.9. The summed E-state index contributed by atoms with van der Waals surface area (Å²) in [5.41, 5.74) is 15.3. The Morgan fingerprint density at radius 3 is 1.23 bits per heavy atom. The van der Waals surface area contributed by atoms with Crippen molar-refractivity contribution >= 4 is 48.6 Å². The fourth-order valence-corrected chi connectivity index (χ4v) is 8.97. The molecule has 1 nitrogen and oxygen atoms in total. The summed E-state index contributed by atoms with van der Waals surface area (Å²) in [6.45, 7) is 0. The Morgan fingerprint density at radius 1 is 0.268 bits per heavy atom. The van der Waals surface area contributed by atoms with Crippen LogP contribution in [0.1, 0.15) is 0 Å². The van der Waals surface area contributed by atoms with Crippen LogP contribution in [-0.4, -0.2) is 0 Å². The summed E-state index contributed by atoms with van der Waals surface area (Å²) in [5.74, 6) is 0. The van der Waals surface area contributed by atoms with Crippen LogP contribution < -0.4 is 4.90 Å². The van der Waals surface area contributed by atoms with Crippen molar-refractivity contribution in [3.63, 3.8) is 0 Å². The van der Waals surface area contributed by atoms with Crippen LogP contribution in [0.25, 0.3) is 75.8 Å². The zero-order chi connectivity index (χ0) is 37.3. The molecule has 0 unspecified atom stereocenters. The SMILES string of the molecule is c1ccc(-c2ccc(-c3ccccc3N(c3ccc(-c4ccc5sc6ccccc6c5c4)cc3)c3ccccc3-c3ccc(-c4ccccc4)cc3)cc2)cc1. The highest BCUT2D eigenvalue weighted by molar-refractivity contribution is 7.25. The van der Waals surface area contributed by atoms with Gasteiger partial charge in [-0.3, -0.25) is 0 Å². The number of benzene rings is 9. The first-order chi connectivity index (χ1) is 27.8. The molecule has 264 valence electrons. The number of nitrogens with zero attached hydrogens (tertiary/aromatic N) is 1. The van der Waals surface area contributed by atoms with Crippen LogP contribution in [0.4, 0.5) is 17.1 Å². The molecule has 0 bridgehead atoms. The highest BCUT2D eigenvalue weighted by Crippen LogP contribution is 2.45. The molecule has 0 spiro atoms. The number of hydrogen-bond acceptors (Lipinski definition) is 2. The van der Waals surface area contributed by atoms with E-state index in [1.54, 1.807) is 0 Å². The summed E-state index contributed by atoms with van der Waals surface area (Å²) >= 11 is 1.86. The molecule has 0 aliphatic heterocycles. The quantitative estimate of drug-likeness (QED) is 0.150. The van der Waals surface area contributed by atoms with Crippen LogP contribution in [-0.2, 0) is 0 Å². The van der Waals surface area contributed by atoms with E-state index in [0.29, 0.717) is 0 Å². The van der Waals surface area contributed by atoms with Crippen molar-refractivity contribution < 1.29 is 0 Å². The van der Waals surface area contributed by atoms with Crippen molar-refractivity contribution in [2.24, 2.45) is 0 Å². The Kier molecular flexibility index (Phi) is 8.79. The molecule has 0 atom stereocenters. The Labute approximate surface area is 332 Å². The van der Waals surface area contributed by atoms with E-state index in [0.717, 1.165) is 17.1 Å². The van der Waals surface area contributed by atoms with Gasteiger partial charge in [0.2, 0.25) is 0 Å². The Bertz CT molecular complexity index is 2800. The summed E-state index contributed by atoms with van der Waals surface area (Å²) in [7, 11) is 0. The molecule has 56 heavy (non-hydrogen) atoms. The first-order valence-corrected chi connectivity index (χ1v) is 19.9. The van der Waals surface area contributed by atoms with E-state index in [4.69, 9.17) is 0 Å². The molecule has 0 radical (unpaired) electrons. The van der Waals surface area contributed by atoms with E-state index in [2.05, 4.69) is 229 Å². The van der Waals surface area contributed by atoms with Crippen LogP contribution in [0.2, 0.25) is 0 Å². The molecular formula is C54H37NS. The third-order valence-electron chi connectivity index (χ3n) is 10.7. The van der Waals surface area contributed by atoms with Gasteiger partial charge in [0.05, 0.1) is 11.4 Å². The summed E-state index contributed by atoms with van der Waals surface area (Å²) in [4.78, 5) is 2.43. The zero-order valence-corrected chi connectivity index (χ0v) is 31.5. The third kappa shape index (κ3) is 6.36. The normalized spacial score (nSPS) is 11.2. The molecule has 0 amide bonds. The first kappa shape index (κ1) is 33.6. The van der Waals surface area contributed by atoms with Crippen LogP contribution in [0.5, 0.6) is 0 Å². The van der Waals surface area contributed by atoms with Gasteiger partial charge in [0.15, 0.2) is 0 Å². The van der Waals surface area contributed by atoms with Crippen molar-refractivity contribution in [1.82, 2.24) is 0 Å². The first-order valence-electron chi connectivity index (χ1n) is 19.1. The number of anilines is 3. The minimum absolute atomic E-state index is 1.09. The molecule has 1 aromatic heterocycles. The second-order valence-corrected chi connectivity index (χ2v) is 15.2. The number of hydrogen-bond donors (Lipinski definition) is 0. The Hall–Kier alpha value is -7.00. The van der Waals surface area contributed by atoms with Gasteiger partial charge in [-0.15, -0.1) is 11.3 Å². The van der Waals surface area contributed by atoms with E-state index in [-0.39, 0.29) is 0 Å². The van der Waals surface area contributed by atoms with Crippen molar-refractivity contribution in [1.29, 1.82) is 0 Å². The molecule has 0 fully saturated rings. The molecule has 0 saturated carbocycles. The number of thiophene rings is 1. The van der Waals surface area contributed by atoms with Gasteiger partial charge in [-0.05, 0) is 87.0 Å². The predicted molar refractivity (Wildman–Crippen MR) is 241 cm³/mol. The molecule has 0 aliphatic carbocycles. The van der Waals surface area contributed by atoms with Crippen molar-refractivity contribution in [2.45, 2.75) is 0 Å². The monoisotopic (exact) mass is 731 g/mol. The summed E-state index contributed by atoms with van der Waals surface area (Å²) < 4.78 is 2.65. The molecule has 10 rings (SSSR count). The molecule has 2 heteroatoms. The van der Waals surface area contributed by atoms with Gasteiger partial charge in [-0.25, -0.2) is 0 Å². The lowest BCUT2D eigenvalue weighted by atomic mass is 9.96. The number of fused-ring (bicyclic) bond motifs is 3. The second kappa shape index (κ2) is 14.7. The Morgan fingerprint density at radius 2 is 0.661 bits per heavy atom. The summed E-state index contributed by atoms with van der Waals surface area (Å²) in [6.07, 6.45) is 0. The number of rotatable bonds is 8. The topological polar surface area (TPSA) is 3.24 Å². The van der Waals surface area contributed by atoms with E-state index < -0.39 is 0 Å². The van der Waals surface area contributed by atoms with Gasteiger partial charge in [-0.1, -0.05) is 182 Å². The average Bonchev–Trinajstić information content (AvgIpc) is 3.66. The van der Waals surface area contributed by atoms with E-state index in [9.17, 15) is 0 Å². The van der Waals surface area contributed by atoms with Gasteiger partial charge in [-0.2, -0.15) is 0 Å². The molecular weight excluding hydrogens is 695 g/mol. The average molecular weight is 732 g/mol. The van der Waals surface area contributed by atoms with Crippen LogP contribution in [0.3, 0.4) is 0 Å². The second-order valence-electron chi connectivity index (χ2n) is 14.1. The molecule has 0 aliphatic rings. The van der Waals surface area contributed by atoms with Crippen molar-refractivity contribution in [3.05, 3.63) is 224 Å². The highest BCUT2D eigenvalue weighted by atomic mass is 32.1. The van der Waals surface area contributed by atoms with Gasteiger partial charge in [0, 0.05) is 37.0 Å². The minimum atomic E-state index is 1.09. The molecule has 10 aromatic rings. The highest BCUT2D eigenvalue weighted by Gasteiger charge is 2.21. The van der Waals surface area contributed by atoms with Crippen molar-refractivity contribution in [2.75, 3.05) is 4.90 Å². The fourth-order valence-electron chi connectivity index (χ4n) is 7.89. The van der Waals surface area contributed by atoms with E-state index in [1.807, 2.05) is 11.3 Å². The smallest absolute Gasteiger partial charge is 0.0540 e. The Balaban J connectivity index is 1.09. The zero-order valence-electron chi connectivity index (χ0n) is 30.7. The van der Waals surface area contributed by atoms with Gasteiger partial charge >= 0.3 is 0 Å². The maximum Gasteiger partial charge on any atom is 0.0540 e. The molecule has 0 N–H and O–H groups in total. The van der Waals surface area contributed by atoms with Crippen molar-refractivity contribution in [3.8, 4) is 55.6 Å². The fraction of sp³-hybridized carbons (Fsp3) is 0. The largest absolute Gasteiger partial charge is 0.309 e. The standard InChI is InChI=1S/C54H37NS/c1-3-13-38(14-4-1)40-23-27-43(28-24-40)47-17-7-10-20-51(47)55(52-21-11-8-18-48(52)44-29-25-41(26-30-44)39-15-5-2-6-16-39)46-34-31-42(32-35-46)45-33-36-54-50(37-45)49-19-9-12-22-53(49)56-54/h1-37H. The van der Waals surface area contributed by atoms with E-state index >= 15 is 0 Å². The lowest BCUT2D eigenvalue weighted by molar-refractivity contribution is 1.28. The van der Waals surface area contributed by atoms with Crippen LogP contribution in [0, 0.1) is 0 Å². The number of para-hydroxylation sites is 2. The maximum absolute atomic E-state index is 2.43. The predicted octanol–water partition coefficient (Wildman–Crippen LogP) is 15.9. The van der Waals surface area contributed by atoms with Gasteiger partial charge < -0.3 is 4.90 Å². The lowest BCUT2D eigenvalue weighted by Gasteiger charge is -2.30. The van der Waals surface area contributed by atoms with Gasteiger partial charge in [0.25, 0.3) is 0 Å². The summed E-state index contributed by atoms with van der Waals surface area (Å²) in [5, 5.41) is 2.63.